The summed E-state index contributed by atoms with van der Waals surface area (Å²) in [6.07, 6.45) is 3.50. The lowest BCUT2D eigenvalue weighted by atomic mass is 9.88. The molecule has 1 saturated heterocycles. The number of hydrogen-bond donors (Lipinski definition) is 2. The van der Waals surface area contributed by atoms with Gasteiger partial charge < -0.3 is 29.0 Å². The maximum absolute atomic E-state index is 12.2. The van der Waals surface area contributed by atoms with Crippen LogP contribution < -0.4 is 14.9 Å². The molecule has 1 aromatic heterocycles. The molecule has 0 atom stereocenters. The second kappa shape index (κ2) is 16.7. The Labute approximate surface area is 294 Å². The van der Waals surface area contributed by atoms with Crippen LogP contribution in [-0.4, -0.2) is 61.4 Å². The molecule has 0 bridgehead atoms. The molecular weight excluding hydrogens is 655 g/mol. The predicted octanol–water partition coefficient (Wildman–Crippen LogP) is 7.87. The minimum absolute atomic E-state index is 0.0864. The monoisotopic (exact) mass is 691 g/mol. The number of piperidine rings is 1. The summed E-state index contributed by atoms with van der Waals surface area (Å²) in [5.41, 5.74) is 7.20. The van der Waals surface area contributed by atoms with Crippen LogP contribution in [0, 0.1) is 0 Å². The van der Waals surface area contributed by atoms with Gasteiger partial charge in [-0.15, -0.1) is 0 Å². The molecule has 9 nitrogen and oxygen atoms in total. The quantitative estimate of drug-likeness (QED) is 0.173. The molecule has 2 aliphatic heterocycles. The Balaban J connectivity index is 0.000000161. The number of nitrogens with zero attached hydrogens (tertiary/aromatic N) is 1. The van der Waals surface area contributed by atoms with Crippen molar-refractivity contribution in [3.05, 3.63) is 136 Å². The Bertz CT molecular complexity index is 2060. The van der Waals surface area contributed by atoms with Crippen LogP contribution in [0.5, 0.6) is 11.5 Å². The van der Waals surface area contributed by atoms with Gasteiger partial charge in [-0.25, -0.2) is 9.59 Å². The van der Waals surface area contributed by atoms with Crippen molar-refractivity contribution in [2.45, 2.75) is 22.6 Å². The second-order valence-corrected chi connectivity index (χ2v) is 12.5. The van der Waals surface area contributed by atoms with E-state index in [0.29, 0.717) is 40.4 Å². The largest absolute Gasteiger partial charge is 0.497 e. The fourth-order valence-corrected chi connectivity index (χ4v) is 6.72. The molecule has 2 aliphatic rings. The van der Waals surface area contributed by atoms with Crippen molar-refractivity contribution in [3.8, 4) is 22.8 Å². The molecule has 3 heterocycles. The first-order valence-corrected chi connectivity index (χ1v) is 16.7. The number of carbonyl (C=O) groups is 2. The Kier molecular flexibility index (Phi) is 11.9. The molecule has 7 rings (SSSR count). The third-order valence-electron chi connectivity index (χ3n) is 8.14. The molecule has 2 N–H and O–H groups in total. The zero-order valence-corrected chi connectivity index (χ0v) is 28.7. The number of carboxylic acids is 2. The number of aliphatic carboxylic acids is 2. The van der Waals surface area contributed by atoms with Crippen LogP contribution in [0.15, 0.2) is 134 Å². The molecule has 0 amide bonds. The standard InChI is InChI=1S/C19H19NS.C17H14O4.C4H4O4/c1-20-12-10-14(11-13-20)19-15-6-2-4-8-17(15)21-18-9-5-3-7-16(18)19;1-19-12-5-3-4-11(8-12)16-10-15(18)14-7-6-13(20-2)9-17(14)21-16;5-3(6)1-2-4(7)8/h2-9H,10-13H2,1H3;3-10H,1-2H3;1-2H,(H,5,6)(H,7,8). The van der Waals surface area contributed by atoms with E-state index < -0.39 is 11.9 Å². The van der Waals surface area contributed by atoms with Crippen LogP contribution in [0.1, 0.15) is 24.0 Å². The van der Waals surface area contributed by atoms with Crippen molar-refractivity contribution in [3.63, 3.8) is 0 Å². The Morgan fingerprint density at radius 3 is 1.92 bits per heavy atom. The van der Waals surface area contributed by atoms with Crippen LogP contribution in [0.25, 0.3) is 27.9 Å². The maximum Gasteiger partial charge on any atom is 0.328 e. The zero-order valence-electron chi connectivity index (χ0n) is 27.9. The zero-order chi connectivity index (χ0) is 35.6. The molecule has 4 aromatic carbocycles. The number of carboxylic acid groups (broad SMARTS) is 2. The third-order valence-corrected chi connectivity index (χ3v) is 9.29. The smallest absolute Gasteiger partial charge is 0.328 e. The summed E-state index contributed by atoms with van der Waals surface area (Å²) >= 11 is 1.91. The van der Waals surface area contributed by atoms with Crippen LogP contribution in [0.4, 0.5) is 0 Å². The predicted molar refractivity (Wildman–Crippen MR) is 195 cm³/mol. The van der Waals surface area contributed by atoms with Gasteiger partial charge >= 0.3 is 11.9 Å². The van der Waals surface area contributed by atoms with E-state index in [1.54, 1.807) is 38.0 Å². The van der Waals surface area contributed by atoms with E-state index in [1.807, 2.05) is 36.0 Å². The van der Waals surface area contributed by atoms with Gasteiger partial charge in [0, 0.05) is 52.7 Å². The Morgan fingerprint density at radius 1 is 0.760 bits per heavy atom. The van der Waals surface area contributed by atoms with E-state index in [-0.39, 0.29) is 5.43 Å². The first-order valence-electron chi connectivity index (χ1n) is 15.8. The number of hydrogen-bond acceptors (Lipinski definition) is 8. The minimum atomic E-state index is -1.26. The van der Waals surface area contributed by atoms with Gasteiger partial charge in [0.2, 0.25) is 0 Å². The van der Waals surface area contributed by atoms with Gasteiger partial charge in [-0.2, -0.15) is 0 Å². The van der Waals surface area contributed by atoms with Gasteiger partial charge in [0.15, 0.2) is 5.43 Å². The van der Waals surface area contributed by atoms with E-state index in [0.717, 1.165) is 5.56 Å². The van der Waals surface area contributed by atoms with Crippen LogP contribution in [-0.2, 0) is 9.59 Å². The van der Waals surface area contributed by atoms with E-state index in [2.05, 4.69) is 60.5 Å². The fourth-order valence-electron chi connectivity index (χ4n) is 5.63. The molecular formula is C40H37NO8S. The molecule has 0 saturated carbocycles. The Morgan fingerprint density at radius 2 is 1.34 bits per heavy atom. The lowest BCUT2D eigenvalue weighted by molar-refractivity contribution is -0.134. The van der Waals surface area contributed by atoms with E-state index in [9.17, 15) is 14.4 Å². The molecule has 0 spiro atoms. The van der Waals surface area contributed by atoms with E-state index in [1.165, 1.54) is 58.5 Å². The molecule has 1 fully saturated rings. The average Bonchev–Trinajstić information content (AvgIpc) is 3.13. The highest BCUT2D eigenvalue weighted by Crippen LogP contribution is 2.47. The summed E-state index contributed by atoms with van der Waals surface area (Å²) in [6, 6.07) is 31.8. The minimum Gasteiger partial charge on any atom is -0.497 e. The van der Waals surface area contributed by atoms with Gasteiger partial charge in [-0.05, 0) is 73.0 Å². The molecule has 10 heteroatoms. The first-order chi connectivity index (χ1) is 24.2. The van der Waals surface area contributed by atoms with Crippen molar-refractivity contribution in [2.75, 3.05) is 34.4 Å². The summed E-state index contributed by atoms with van der Waals surface area (Å²) in [4.78, 5) is 36.5. The highest BCUT2D eigenvalue weighted by atomic mass is 32.2. The van der Waals surface area contributed by atoms with Gasteiger partial charge in [0.1, 0.15) is 22.8 Å². The molecule has 50 heavy (non-hydrogen) atoms. The highest BCUT2D eigenvalue weighted by Gasteiger charge is 2.24. The normalized spacial score (nSPS) is 13.7. The van der Waals surface area contributed by atoms with Crippen LogP contribution >= 0.6 is 11.8 Å². The van der Waals surface area contributed by atoms with Crippen LogP contribution in [0.2, 0.25) is 0 Å². The van der Waals surface area contributed by atoms with E-state index >= 15 is 0 Å². The number of ether oxygens (including phenoxy) is 2. The van der Waals surface area contributed by atoms with Gasteiger partial charge in [0.25, 0.3) is 0 Å². The number of likely N-dealkylation sites (tertiary alicyclic amines) is 1. The summed E-state index contributed by atoms with van der Waals surface area (Å²) in [5.74, 6) is -0.659. The number of benzene rings is 4. The fraction of sp³-hybridized carbons (Fsp3) is 0.175. The number of rotatable bonds is 5. The molecule has 0 radical (unpaired) electrons. The van der Waals surface area contributed by atoms with E-state index in [4.69, 9.17) is 24.1 Å². The topological polar surface area (TPSA) is 127 Å². The van der Waals surface area contributed by atoms with Crippen molar-refractivity contribution >= 4 is 40.2 Å². The summed E-state index contributed by atoms with van der Waals surface area (Å²) in [5, 5.41) is 16.2. The van der Waals surface area contributed by atoms with Crippen molar-refractivity contribution in [2.24, 2.45) is 0 Å². The van der Waals surface area contributed by atoms with Crippen molar-refractivity contribution < 1.29 is 33.7 Å². The molecule has 256 valence electrons. The van der Waals surface area contributed by atoms with Gasteiger partial charge in [-0.1, -0.05) is 65.9 Å². The molecule has 0 unspecified atom stereocenters. The lowest BCUT2D eigenvalue weighted by Crippen LogP contribution is -2.27. The number of fused-ring (bicyclic) bond motifs is 3. The second-order valence-electron chi connectivity index (χ2n) is 11.5. The summed E-state index contributed by atoms with van der Waals surface area (Å²) < 4.78 is 16.2. The first kappa shape index (κ1) is 35.7. The Hall–Kier alpha value is -5.58. The number of methoxy groups -OCH3 is 2. The summed E-state index contributed by atoms with van der Waals surface area (Å²) in [6.45, 7) is 2.35. The highest BCUT2D eigenvalue weighted by molar-refractivity contribution is 7.99. The molecule has 5 aromatic rings. The van der Waals surface area contributed by atoms with Crippen LogP contribution in [0.3, 0.4) is 0 Å². The van der Waals surface area contributed by atoms with Crippen molar-refractivity contribution in [1.82, 2.24) is 4.90 Å². The lowest BCUT2D eigenvalue weighted by Gasteiger charge is -2.30. The maximum atomic E-state index is 12.2. The third kappa shape index (κ3) is 8.90. The molecule has 0 aliphatic carbocycles. The van der Waals surface area contributed by atoms with Gasteiger partial charge in [-0.3, -0.25) is 4.79 Å². The summed E-state index contributed by atoms with van der Waals surface area (Å²) in [7, 11) is 5.39. The average molecular weight is 692 g/mol. The van der Waals surface area contributed by atoms with Gasteiger partial charge in [0.05, 0.1) is 19.6 Å². The van der Waals surface area contributed by atoms with Crippen molar-refractivity contribution in [1.29, 1.82) is 0 Å². The SMILES string of the molecule is CN1CCC(=C2c3ccccc3Sc3ccccc32)CC1.COc1cccc(-c2cc(=O)c3ccc(OC)cc3o2)c1.O=C(O)C=CC(=O)O.